The van der Waals surface area contributed by atoms with Crippen molar-refractivity contribution in [2.24, 2.45) is 5.92 Å². The van der Waals surface area contributed by atoms with Crippen LogP contribution in [-0.4, -0.2) is 65.4 Å². The number of aromatic nitrogens is 3. The van der Waals surface area contributed by atoms with Gasteiger partial charge >= 0.3 is 6.18 Å². The molecule has 1 aromatic heterocycles. The molecule has 1 amide bonds. The van der Waals surface area contributed by atoms with Crippen LogP contribution >= 0.6 is 11.8 Å². The lowest BCUT2D eigenvalue weighted by Crippen LogP contribution is -2.38. The van der Waals surface area contributed by atoms with Crippen LogP contribution in [-0.2, 0) is 16.1 Å². The fourth-order valence-electron chi connectivity index (χ4n) is 2.20. The lowest BCUT2D eigenvalue weighted by atomic mass is 10.2. The third kappa shape index (κ3) is 6.38. The molecule has 1 aromatic rings. The normalized spacial score (nSPS) is 15.7. The summed E-state index contributed by atoms with van der Waals surface area (Å²) >= 11 is 0.952. The lowest BCUT2D eigenvalue weighted by Gasteiger charge is -2.28. The summed E-state index contributed by atoms with van der Waals surface area (Å²) in [6.45, 7) is 5.02. The molecule has 0 atom stereocenters. The summed E-state index contributed by atoms with van der Waals surface area (Å²) in [5.41, 5.74) is 0. The number of amides is 1. The van der Waals surface area contributed by atoms with Gasteiger partial charge in [-0.05, 0) is 5.92 Å². The number of thioether (sulfide) groups is 1. The summed E-state index contributed by atoms with van der Waals surface area (Å²) in [6.07, 6.45) is -4.40. The van der Waals surface area contributed by atoms with Gasteiger partial charge in [-0.2, -0.15) is 13.2 Å². The van der Waals surface area contributed by atoms with E-state index in [0.29, 0.717) is 38.8 Å². The minimum atomic E-state index is -4.40. The highest BCUT2D eigenvalue weighted by Gasteiger charge is 2.33. The van der Waals surface area contributed by atoms with Crippen LogP contribution < -0.4 is 10.2 Å². The molecule has 2 rings (SSSR count). The van der Waals surface area contributed by atoms with Gasteiger partial charge in [-0.25, -0.2) is 0 Å². The Hall–Kier alpha value is -1.49. The molecule has 0 spiro atoms. The Morgan fingerprint density at radius 1 is 1.32 bits per heavy atom. The monoisotopic (exact) mass is 381 g/mol. The van der Waals surface area contributed by atoms with E-state index in [1.54, 1.807) is 4.90 Å². The maximum atomic E-state index is 12.9. The number of nitrogens with zero attached hydrogens (tertiary/aromatic N) is 4. The summed E-state index contributed by atoms with van der Waals surface area (Å²) in [7, 11) is 0. The summed E-state index contributed by atoms with van der Waals surface area (Å²) < 4.78 is 45.1. The molecule has 25 heavy (non-hydrogen) atoms. The highest BCUT2D eigenvalue weighted by Crippen LogP contribution is 2.27. The molecule has 1 saturated heterocycles. The molecule has 0 aliphatic carbocycles. The Bertz CT molecular complexity index is 573. The third-order valence-corrected chi connectivity index (χ3v) is 4.34. The van der Waals surface area contributed by atoms with Gasteiger partial charge in [0.15, 0.2) is 5.16 Å². The molecule has 0 bridgehead atoms. The van der Waals surface area contributed by atoms with Gasteiger partial charge in [-0.15, -0.1) is 10.2 Å². The number of alkyl halides is 3. The highest BCUT2D eigenvalue weighted by molar-refractivity contribution is 7.99. The Morgan fingerprint density at radius 2 is 2.00 bits per heavy atom. The van der Waals surface area contributed by atoms with Crippen molar-refractivity contribution >= 4 is 23.6 Å². The van der Waals surface area contributed by atoms with E-state index in [-0.39, 0.29) is 22.8 Å². The molecular formula is C14H22F3N5O2S. The van der Waals surface area contributed by atoms with Crippen LogP contribution in [0.3, 0.4) is 0 Å². The fourth-order valence-corrected chi connectivity index (χ4v) is 2.96. The van der Waals surface area contributed by atoms with Crippen LogP contribution in [0, 0.1) is 5.92 Å². The zero-order valence-electron chi connectivity index (χ0n) is 14.2. The smallest absolute Gasteiger partial charge is 0.378 e. The van der Waals surface area contributed by atoms with Gasteiger partial charge < -0.3 is 15.0 Å². The molecule has 142 valence electrons. The van der Waals surface area contributed by atoms with Gasteiger partial charge in [0, 0.05) is 19.6 Å². The van der Waals surface area contributed by atoms with Gasteiger partial charge in [-0.1, -0.05) is 25.6 Å². The Balaban J connectivity index is 2.08. The first kappa shape index (κ1) is 19.8. The van der Waals surface area contributed by atoms with E-state index in [4.69, 9.17) is 4.74 Å². The van der Waals surface area contributed by atoms with Gasteiger partial charge in [0.05, 0.1) is 19.0 Å². The number of carbonyl (C=O) groups is 1. The number of hydrogen-bond acceptors (Lipinski definition) is 6. The Kier molecular flexibility index (Phi) is 6.94. The number of hydrogen-bond donors (Lipinski definition) is 1. The molecule has 2 heterocycles. The molecule has 0 radical (unpaired) electrons. The zero-order valence-corrected chi connectivity index (χ0v) is 15.0. The van der Waals surface area contributed by atoms with E-state index in [2.05, 4.69) is 15.5 Å². The molecule has 11 heteroatoms. The van der Waals surface area contributed by atoms with Crippen molar-refractivity contribution in [2.75, 3.05) is 43.5 Å². The molecular weight excluding hydrogens is 359 g/mol. The van der Waals surface area contributed by atoms with E-state index in [9.17, 15) is 18.0 Å². The first-order chi connectivity index (χ1) is 11.8. The van der Waals surface area contributed by atoms with Crippen molar-refractivity contribution < 1.29 is 22.7 Å². The summed E-state index contributed by atoms with van der Waals surface area (Å²) in [5, 5.41) is 10.6. The quantitative estimate of drug-likeness (QED) is 0.723. The fraction of sp³-hybridized carbons (Fsp3) is 0.786. The van der Waals surface area contributed by atoms with Crippen LogP contribution in [0.5, 0.6) is 0 Å². The van der Waals surface area contributed by atoms with Crippen LogP contribution in [0.15, 0.2) is 5.16 Å². The van der Waals surface area contributed by atoms with E-state index in [1.165, 1.54) is 0 Å². The predicted octanol–water partition coefficient (Wildman–Crippen LogP) is 1.54. The highest BCUT2D eigenvalue weighted by atomic mass is 32.2. The number of nitrogens with one attached hydrogen (secondary N) is 1. The second kappa shape index (κ2) is 8.75. The first-order valence-electron chi connectivity index (χ1n) is 7.98. The number of anilines is 1. The molecule has 0 saturated carbocycles. The van der Waals surface area contributed by atoms with E-state index in [1.807, 2.05) is 13.8 Å². The molecule has 1 aliphatic rings. The van der Waals surface area contributed by atoms with Crippen molar-refractivity contribution in [3.8, 4) is 0 Å². The minimum absolute atomic E-state index is 0.00811. The maximum Gasteiger partial charge on any atom is 0.406 e. The molecule has 7 nitrogen and oxygen atoms in total. The SMILES string of the molecule is CC(C)CNC(=O)CSc1nnc(N2CCOCC2)n1CC(F)(F)F. The summed E-state index contributed by atoms with van der Waals surface area (Å²) in [6, 6.07) is 0. The topological polar surface area (TPSA) is 72.3 Å². The van der Waals surface area contributed by atoms with E-state index < -0.39 is 12.7 Å². The molecule has 0 aromatic carbocycles. The summed E-state index contributed by atoms with van der Waals surface area (Å²) in [4.78, 5) is 13.5. The van der Waals surface area contributed by atoms with Gasteiger partial charge in [0.2, 0.25) is 11.9 Å². The molecule has 1 fully saturated rings. The van der Waals surface area contributed by atoms with Crippen molar-refractivity contribution in [3.63, 3.8) is 0 Å². The Morgan fingerprint density at radius 3 is 2.60 bits per heavy atom. The van der Waals surface area contributed by atoms with Crippen LogP contribution in [0.2, 0.25) is 0 Å². The molecule has 0 unspecified atom stereocenters. The minimum Gasteiger partial charge on any atom is -0.378 e. The lowest BCUT2D eigenvalue weighted by molar-refractivity contribution is -0.141. The zero-order chi connectivity index (χ0) is 18.4. The van der Waals surface area contributed by atoms with Crippen molar-refractivity contribution in [1.29, 1.82) is 0 Å². The van der Waals surface area contributed by atoms with Crippen LogP contribution in [0.25, 0.3) is 0 Å². The number of morpholine rings is 1. The molecule has 1 N–H and O–H groups in total. The maximum absolute atomic E-state index is 12.9. The second-order valence-corrected chi connectivity index (χ2v) is 7.01. The number of rotatable bonds is 7. The van der Waals surface area contributed by atoms with E-state index in [0.717, 1.165) is 16.3 Å². The van der Waals surface area contributed by atoms with E-state index >= 15 is 0 Å². The standard InChI is InChI=1S/C14H22F3N5O2S/c1-10(2)7-18-11(23)8-25-13-20-19-12(21-3-5-24-6-4-21)22(13)9-14(15,16)17/h10H,3-9H2,1-2H3,(H,18,23). The first-order valence-corrected chi connectivity index (χ1v) is 8.97. The number of ether oxygens (including phenoxy) is 1. The summed E-state index contributed by atoms with van der Waals surface area (Å²) in [5.74, 6) is 0.209. The van der Waals surface area contributed by atoms with Crippen LogP contribution in [0.4, 0.5) is 19.1 Å². The average molecular weight is 381 g/mol. The number of carbonyl (C=O) groups excluding carboxylic acids is 1. The van der Waals surface area contributed by atoms with Crippen molar-refractivity contribution in [1.82, 2.24) is 20.1 Å². The molecule has 1 aliphatic heterocycles. The Labute approximate surface area is 148 Å². The average Bonchev–Trinajstić information content (AvgIpc) is 2.92. The van der Waals surface area contributed by atoms with Gasteiger partial charge in [0.1, 0.15) is 6.54 Å². The predicted molar refractivity (Wildman–Crippen MR) is 87.7 cm³/mol. The largest absolute Gasteiger partial charge is 0.406 e. The van der Waals surface area contributed by atoms with Gasteiger partial charge in [-0.3, -0.25) is 9.36 Å². The third-order valence-electron chi connectivity index (χ3n) is 3.37. The van der Waals surface area contributed by atoms with Crippen molar-refractivity contribution in [2.45, 2.75) is 31.7 Å². The van der Waals surface area contributed by atoms with Gasteiger partial charge in [0.25, 0.3) is 0 Å². The van der Waals surface area contributed by atoms with Crippen molar-refractivity contribution in [3.05, 3.63) is 0 Å². The second-order valence-electron chi connectivity index (χ2n) is 6.07. The number of halogens is 3. The van der Waals surface area contributed by atoms with Crippen LogP contribution in [0.1, 0.15) is 13.8 Å².